The molecular formula is C24H28ClFN4O5S2. The van der Waals surface area contributed by atoms with Gasteiger partial charge in [-0.15, -0.1) is 11.3 Å². The predicted octanol–water partition coefficient (Wildman–Crippen LogP) is 3.36. The SMILES string of the molecule is CS(=O)(=O)C(N)C1CCC(COCc2csc3nc(C(=O)NCc4ccc(F)c(Cl)c4)[nH]c(=O)c23)CC1. The number of sulfone groups is 1. The summed E-state index contributed by atoms with van der Waals surface area (Å²) in [5.74, 6) is -0.972. The van der Waals surface area contributed by atoms with Gasteiger partial charge in [0.2, 0.25) is 5.82 Å². The summed E-state index contributed by atoms with van der Waals surface area (Å²) in [6, 6.07) is 4.13. The zero-order valence-corrected chi connectivity index (χ0v) is 22.5. The van der Waals surface area contributed by atoms with Crippen molar-refractivity contribution in [3.05, 3.63) is 61.7 Å². The summed E-state index contributed by atoms with van der Waals surface area (Å²) in [7, 11) is -3.25. The number of thiophene rings is 1. The molecule has 0 radical (unpaired) electrons. The second-order valence-corrected chi connectivity index (χ2v) is 12.8. The number of carbonyl (C=O) groups excluding carboxylic acids is 1. The van der Waals surface area contributed by atoms with Crippen LogP contribution in [0, 0.1) is 17.7 Å². The van der Waals surface area contributed by atoms with Gasteiger partial charge in [-0.3, -0.25) is 9.59 Å². The molecule has 1 unspecified atom stereocenters. The smallest absolute Gasteiger partial charge is 0.287 e. The van der Waals surface area contributed by atoms with Crippen molar-refractivity contribution in [1.82, 2.24) is 15.3 Å². The van der Waals surface area contributed by atoms with E-state index in [1.807, 2.05) is 0 Å². The fraction of sp³-hybridized carbons (Fsp3) is 0.458. The Morgan fingerprint density at radius 3 is 2.76 bits per heavy atom. The molecule has 13 heteroatoms. The summed E-state index contributed by atoms with van der Waals surface area (Å²) >= 11 is 7.01. The van der Waals surface area contributed by atoms with Crippen LogP contribution < -0.4 is 16.6 Å². The molecule has 4 rings (SSSR count). The maximum absolute atomic E-state index is 13.3. The lowest BCUT2D eigenvalue weighted by molar-refractivity contribution is 0.0675. The highest BCUT2D eigenvalue weighted by Crippen LogP contribution is 2.32. The normalized spacial score (nSPS) is 19.1. The molecule has 0 saturated heterocycles. The van der Waals surface area contributed by atoms with Crippen LogP contribution in [-0.2, 0) is 27.7 Å². The van der Waals surface area contributed by atoms with E-state index in [9.17, 15) is 22.4 Å². The van der Waals surface area contributed by atoms with Gasteiger partial charge in [0, 0.05) is 25.0 Å². The summed E-state index contributed by atoms with van der Waals surface area (Å²) in [5, 5.41) is 3.94. The summed E-state index contributed by atoms with van der Waals surface area (Å²) in [6.07, 6.45) is 4.33. The second-order valence-electron chi connectivity index (χ2n) is 9.38. The molecular weight excluding hydrogens is 543 g/mol. The Labute approximate surface area is 222 Å². The van der Waals surface area contributed by atoms with E-state index in [4.69, 9.17) is 22.1 Å². The van der Waals surface area contributed by atoms with Crippen molar-refractivity contribution in [3.63, 3.8) is 0 Å². The van der Waals surface area contributed by atoms with Crippen LogP contribution in [0.3, 0.4) is 0 Å². The van der Waals surface area contributed by atoms with Crippen LogP contribution >= 0.6 is 22.9 Å². The van der Waals surface area contributed by atoms with Gasteiger partial charge in [-0.25, -0.2) is 17.8 Å². The van der Waals surface area contributed by atoms with Crippen LogP contribution in [0.1, 0.15) is 47.4 Å². The van der Waals surface area contributed by atoms with Crippen LogP contribution in [0.5, 0.6) is 0 Å². The molecule has 4 N–H and O–H groups in total. The van der Waals surface area contributed by atoms with Crippen molar-refractivity contribution in [2.45, 2.75) is 44.2 Å². The number of aromatic nitrogens is 2. The number of nitrogens with one attached hydrogen (secondary N) is 2. The quantitative estimate of drug-likeness (QED) is 0.358. The van der Waals surface area contributed by atoms with Crippen molar-refractivity contribution in [2.24, 2.45) is 17.6 Å². The molecule has 0 bridgehead atoms. The first-order valence-corrected chi connectivity index (χ1v) is 15.0. The molecule has 37 heavy (non-hydrogen) atoms. The van der Waals surface area contributed by atoms with Gasteiger partial charge in [0.25, 0.3) is 11.5 Å². The number of carbonyl (C=O) groups is 1. The van der Waals surface area contributed by atoms with Crippen molar-refractivity contribution in [3.8, 4) is 0 Å². The van der Waals surface area contributed by atoms with E-state index in [1.165, 1.54) is 35.8 Å². The minimum atomic E-state index is -3.25. The fourth-order valence-electron chi connectivity index (χ4n) is 4.50. The monoisotopic (exact) mass is 570 g/mol. The third-order valence-corrected chi connectivity index (χ3v) is 9.22. The summed E-state index contributed by atoms with van der Waals surface area (Å²) in [5.41, 5.74) is 6.74. The minimum absolute atomic E-state index is 0.0309. The molecule has 1 atom stereocenters. The lowest BCUT2D eigenvalue weighted by atomic mass is 9.82. The highest BCUT2D eigenvalue weighted by atomic mass is 35.5. The number of H-pyrrole nitrogens is 1. The number of amides is 1. The van der Waals surface area contributed by atoms with E-state index >= 15 is 0 Å². The van der Waals surface area contributed by atoms with E-state index < -0.39 is 32.5 Å². The van der Waals surface area contributed by atoms with Crippen LogP contribution in [0.4, 0.5) is 4.39 Å². The van der Waals surface area contributed by atoms with E-state index in [0.29, 0.717) is 33.9 Å². The highest BCUT2D eigenvalue weighted by molar-refractivity contribution is 7.91. The number of hydrogen-bond donors (Lipinski definition) is 3. The van der Waals surface area contributed by atoms with Gasteiger partial charge in [-0.05, 0) is 60.6 Å². The molecule has 9 nitrogen and oxygen atoms in total. The van der Waals surface area contributed by atoms with Crippen LogP contribution in [0.2, 0.25) is 5.02 Å². The number of fused-ring (bicyclic) bond motifs is 1. The molecule has 1 fully saturated rings. The number of nitrogens with zero attached hydrogens (tertiary/aromatic N) is 1. The van der Waals surface area contributed by atoms with Gasteiger partial charge in [0.15, 0.2) is 9.84 Å². The molecule has 2 heterocycles. The summed E-state index contributed by atoms with van der Waals surface area (Å²) < 4.78 is 42.6. The maximum Gasteiger partial charge on any atom is 0.287 e. The van der Waals surface area contributed by atoms with E-state index in [0.717, 1.165) is 25.7 Å². The van der Waals surface area contributed by atoms with Crippen molar-refractivity contribution in [2.75, 3.05) is 12.9 Å². The number of ether oxygens (including phenoxy) is 1. The molecule has 1 amide bonds. The molecule has 200 valence electrons. The van der Waals surface area contributed by atoms with Crippen molar-refractivity contribution < 1.29 is 22.3 Å². The standard InChI is InChI=1S/C24H28ClFN4O5S2/c1-37(33,34)20(27)15-5-2-13(3-6-15)10-35-11-16-12-36-24-19(16)22(31)29-21(30-24)23(32)28-9-14-4-7-18(26)17(25)8-14/h4,7-8,12-13,15,20H,2-3,5-6,9-11,27H2,1H3,(H,28,32)(H,29,30,31). The Hall–Kier alpha value is -2.38. The van der Waals surface area contributed by atoms with Gasteiger partial charge in [0.1, 0.15) is 16.0 Å². The predicted molar refractivity (Wildman–Crippen MR) is 141 cm³/mol. The van der Waals surface area contributed by atoms with Gasteiger partial charge in [0.05, 0.1) is 17.0 Å². The maximum atomic E-state index is 13.3. The number of benzene rings is 1. The summed E-state index contributed by atoms with van der Waals surface area (Å²) in [6.45, 7) is 0.814. The van der Waals surface area contributed by atoms with Gasteiger partial charge >= 0.3 is 0 Å². The Morgan fingerprint density at radius 2 is 2.08 bits per heavy atom. The average Bonchev–Trinajstić information content (AvgIpc) is 3.27. The van der Waals surface area contributed by atoms with E-state index in [1.54, 1.807) is 5.38 Å². The third-order valence-electron chi connectivity index (χ3n) is 6.63. The first-order valence-electron chi connectivity index (χ1n) is 11.8. The Kier molecular flexibility index (Phi) is 8.64. The largest absolute Gasteiger partial charge is 0.376 e. The van der Waals surface area contributed by atoms with Crippen LogP contribution in [-0.4, -0.2) is 42.5 Å². The average molecular weight is 571 g/mol. The minimum Gasteiger partial charge on any atom is -0.376 e. The Balaban J connectivity index is 1.32. The zero-order valence-electron chi connectivity index (χ0n) is 20.1. The molecule has 1 aromatic carbocycles. The van der Waals surface area contributed by atoms with Crippen LogP contribution in [0.15, 0.2) is 28.4 Å². The Morgan fingerprint density at radius 1 is 1.35 bits per heavy atom. The molecule has 1 saturated carbocycles. The first-order chi connectivity index (χ1) is 17.5. The topological polar surface area (TPSA) is 144 Å². The van der Waals surface area contributed by atoms with E-state index in [2.05, 4.69) is 15.3 Å². The molecule has 1 aliphatic rings. The van der Waals surface area contributed by atoms with Gasteiger partial charge in [-0.1, -0.05) is 17.7 Å². The fourth-order valence-corrected chi connectivity index (χ4v) is 6.60. The number of halogens is 2. The summed E-state index contributed by atoms with van der Waals surface area (Å²) in [4.78, 5) is 32.5. The zero-order chi connectivity index (χ0) is 26.7. The highest BCUT2D eigenvalue weighted by Gasteiger charge is 2.31. The molecule has 1 aliphatic carbocycles. The second kappa shape index (κ2) is 11.6. The number of aromatic amines is 1. The molecule has 2 aromatic heterocycles. The third kappa shape index (κ3) is 6.74. The molecule has 0 spiro atoms. The molecule has 3 aromatic rings. The lowest BCUT2D eigenvalue weighted by Crippen LogP contribution is -2.39. The van der Waals surface area contributed by atoms with Crippen LogP contribution in [0.25, 0.3) is 10.2 Å². The van der Waals surface area contributed by atoms with Crippen molar-refractivity contribution in [1.29, 1.82) is 0 Å². The number of nitrogens with two attached hydrogens (primary N) is 1. The number of rotatable bonds is 9. The number of hydrogen-bond acceptors (Lipinski definition) is 8. The van der Waals surface area contributed by atoms with E-state index in [-0.39, 0.29) is 29.9 Å². The molecule has 0 aliphatic heterocycles. The lowest BCUT2D eigenvalue weighted by Gasteiger charge is -2.31. The Bertz CT molecular complexity index is 1450. The van der Waals surface area contributed by atoms with Gasteiger partial charge in [-0.2, -0.15) is 0 Å². The van der Waals surface area contributed by atoms with Crippen molar-refractivity contribution >= 4 is 48.9 Å². The first kappa shape index (κ1) is 27.6. The van der Waals surface area contributed by atoms with Gasteiger partial charge < -0.3 is 20.8 Å².